The van der Waals surface area contributed by atoms with Crippen molar-refractivity contribution in [1.29, 1.82) is 0 Å². The number of hydrogen-bond acceptors (Lipinski definition) is 6. The van der Waals surface area contributed by atoms with Gasteiger partial charge in [-0.25, -0.2) is 0 Å². The minimum absolute atomic E-state index is 0.765. The van der Waals surface area contributed by atoms with Crippen LogP contribution in [0.1, 0.15) is 11.1 Å². The van der Waals surface area contributed by atoms with Crippen molar-refractivity contribution >= 4 is 33.1 Å². The lowest BCUT2D eigenvalue weighted by atomic mass is 10.2. The predicted molar refractivity (Wildman–Crippen MR) is 94.2 cm³/mol. The molecular formula is C14H22N4O4S. The molecule has 0 aromatic heterocycles. The fraction of sp³-hybridized carbons (Fsp3) is 0.143. The van der Waals surface area contributed by atoms with Crippen LogP contribution in [-0.2, 0) is 10.4 Å². The molecule has 0 unspecified atom stereocenters. The van der Waals surface area contributed by atoms with E-state index < -0.39 is 10.4 Å². The molecular weight excluding hydrogens is 320 g/mol. The van der Waals surface area contributed by atoms with Crippen LogP contribution in [0, 0.1) is 13.8 Å². The van der Waals surface area contributed by atoms with Gasteiger partial charge in [-0.05, 0) is 61.4 Å². The zero-order valence-corrected chi connectivity index (χ0v) is 13.7. The van der Waals surface area contributed by atoms with Crippen molar-refractivity contribution in [1.82, 2.24) is 0 Å². The molecule has 10 N–H and O–H groups in total. The molecule has 0 aliphatic rings. The molecule has 0 spiro atoms. The summed E-state index contributed by atoms with van der Waals surface area (Å²) < 4.78 is 31.6. The molecule has 0 aliphatic heterocycles. The van der Waals surface area contributed by atoms with Crippen LogP contribution in [0.5, 0.6) is 0 Å². The van der Waals surface area contributed by atoms with E-state index in [9.17, 15) is 0 Å². The first kappa shape index (κ1) is 20.5. The van der Waals surface area contributed by atoms with Crippen LogP contribution in [0.2, 0.25) is 0 Å². The first-order valence-corrected chi connectivity index (χ1v) is 7.73. The molecule has 0 aliphatic carbocycles. The molecule has 2 rings (SSSR count). The lowest BCUT2D eigenvalue weighted by Gasteiger charge is -1.98. The summed E-state index contributed by atoms with van der Waals surface area (Å²) in [6.45, 7) is 3.87. The smallest absolute Gasteiger partial charge is 0.394 e. The van der Waals surface area contributed by atoms with Gasteiger partial charge >= 0.3 is 10.4 Å². The van der Waals surface area contributed by atoms with Gasteiger partial charge in [0.25, 0.3) is 0 Å². The van der Waals surface area contributed by atoms with Crippen LogP contribution >= 0.6 is 0 Å². The van der Waals surface area contributed by atoms with Crippen LogP contribution in [0.3, 0.4) is 0 Å². The second-order valence-electron chi connectivity index (χ2n) is 4.68. The van der Waals surface area contributed by atoms with Crippen molar-refractivity contribution in [3.63, 3.8) is 0 Å². The number of aryl methyl sites for hydroxylation is 2. The van der Waals surface area contributed by atoms with Crippen LogP contribution < -0.4 is 22.9 Å². The van der Waals surface area contributed by atoms with Gasteiger partial charge in [0, 0.05) is 22.7 Å². The third-order valence-corrected chi connectivity index (χ3v) is 2.59. The Balaban J connectivity index is 0.000000332. The van der Waals surface area contributed by atoms with Crippen molar-refractivity contribution < 1.29 is 17.5 Å². The Morgan fingerprint density at radius 3 is 1.17 bits per heavy atom. The Bertz CT molecular complexity index is 691. The van der Waals surface area contributed by atoms with Gasteiger partial charge in [0.2, 0.25) is 0 Å². The Kier molecular flexibility index (Phi) is 7.88. The van der Waals surface area contributed by atoms with Crippen molar-refractivity contribution in [2.45, 2.75) is 13.8 Å². The highest BCUT2D eigenvalue weighted by atomic mass is 32.3. The minimum atomic E-state index is -4.67. The van der Waals surface area contributed by atoms with E-state index in [1.54, 1.807) is 12.1 Å². The van der Waals surface area contributed by atoms with Crippen molar-refractivity contribution in [3.05, 3.63) is 47.5 Å². The minimum Gasteiger partial charge on any atom is -0.399 e. The molecule has 23 heavy (non-hydrogen) atoms. The van der Waals surface area contributed by atoms with Gasteiger partial charge in [0.1, 0.15) is 0 Å². The van der Waals surface area contributed by atoms with E-state index in [-0.39, 0.29) is 0 Å². The van der Waals surface area contributed by atoms with Crippen molar-refractivity contribution in [3.8, 4) is 0 Å². The molecule has 9 heteroatoms. The molecule has 0 saturated carbocycles. The van der Waals surface area contributed by atoms with Gasteiger partial charge in [0.15, 0.2) is 0 Å². The van der Waals surface area contributed by atoms with E-state index in [0.29, 0.717) is 0 Å². The third-order valence-electron chi connectivity index (χ3n) is 2.59. The maximum absolute atomic E-state index is 8.74. The summed E-state index contributed by atoms with van der Waals surface area (Å²) in [5.41, 5.74) is 27.2. The van der Waals surface area contributed by atoms with Gasteiger partial charge in [-0.3, -0.25) is 9.11 Å². The highest BCUT2D eigenvalue weighted by Crippen LogP contribution is 2.13. The van der Waals surface area contributed by atoms with E-state index in [1.807, 2.05) is 38.1 Å². The normalized spacial score (nSPS) is 9.91. The highest BCUT2D eigenvalue weighted by molar-refractivity contribution is 7.79. The maximum atomic E-state index is 8.74. The monoisotopic (exact) mass is 342 g/mol. The van der Waals surface area contributed by atoms with E-state index in [0.717, 1.165) is 33.9 Å². The summed E-state index contributed by atoms with van der Waals surface area (Å²) in [5.74, 6) is 0. The number of nitrogens with two attached hydrogens (primary N) is 4. The Labute approximate surface area is 135 Å². The van der Waals surface area contributed by atoms with Crippen LogP contribution in [0.4, 0.5) is 22.7 Å². The van der Waals surface area contributed by atoms with Crippen molar-refractivity contribution in [2.75, 3.05) is 22.9 Å². The fourth-order valence-corrected chi connectivity index (χ4v) is 1.40. The Morgan fingerprint density at radius 1 is 0.739 bits per heavy atom. The lowest BCUT2D eigenvalue weighted by Crippen LogP contribution is -1.91. The first-order valence-electron chi connectivity index (χ1n) is 6.33. The Morgan fingerprint density at radius 2 is 1.00 bits per heavy atom. The average Bonchev–Trinajstić information content (AvgIpc) is 2.38. The SMILES string of the molecule is Cc1cc(N)ccc1N.Cc1cc(N)ccc1N.O=S(=O)(O)O. The van der Waals surface area contributed by atoms with Crippen LogP contribution in [-0.4, -0.2) is 17.5 Å². The third kappa shape index (κ3) is 10.8. The molecule has 0 heterocycles. The summed E-state index contributed by atoms with van der Waals surface area (Å²) in [6, 6.07) is 10.9. The van der Waals surface area contributed by atoms with Crippen LogP contribution in [0.15, 0.2) is 36.4 Å². The summed E-state index contributed by atoms with van der Waals surface area (Å²) in [5, 5.41) is 0. The lowest BCUT2D eigenvalue weighted by molar-refractivity contribution is 0.381. The van der Waals surface area contributed by atoms with Crippen LogP contribution in [0.25, 0.3) is 0 Å². The summed E-state index contributed by atoms with van der Waals surface area (Å²) in [7, 11) is -4.67. The number of hydrogen-bond donors (Lipinski definition) is 6. The number of anilines is 4. The van der Waals surface area contributed by atoms with Gasteiger partial charge < -0.3 is 22.9 Å². The van der Waals surface area contributed by atoms with E-state index >= 15 is 0 Å². The molecule has 0 amide bonds. The van der Waals surface area contributed by atoms with Crippen molar-refractivity contribution in [2.24, 2.45) is 0 Å². The standard InChI is InChI=1S/2C7H10N2.H2O4S/c2*1-5-4-6(8)2-3-7(5)9;1-5(2,3)4/h2*2-4H,8-9H2,1H3;(H2,1,2,3,4). The van der Waals surface area contributed by atoms with E-state index in [2.05, 4.69) is 0 Å². The van der Waals surface area contributed by atoms with Gasteiger partial charge in [-0.15, -0.1) is 0 Å². The molecule has 2 aromatic rings. The molecule has 0 atom stereocenters. The predicted octanol–water partition coefficient (Wildman–Crippen LogP) is 1.67. The van der Waals surface area contributed by atoms with E-state index in [1.165, 1.54) is 0 Å². The second kappa shape index (κ2) is 8.83. The van der Waals surface area contributed by atoms with Gasteiger partial charge in [0.05, 0.1) is 0 Å². The summed E-state index contributed by atoms with van der Waals surface area (Å²) in [6.07, 6.45) is 0. The fourth-order valence-electron chi connectivity index (χ4n) is 1.40. The van der Waals surface area contributed by atoms with E-state index in [4.69, 9.17) is 40.5 Å². The Hall–Kier alpha value is -2.49. The number of benzene rings is 2. The second-order valence-corrected chi connectivity index (χ2v) is 5.58. The zero-order chi connectivity index (χ0) is 18.2. The molecule has 2 aromatic carbocycles. The summed E-state index contributed by atoms with van der Waals surface area (Å²) >= 11 is 0. The summed E-state index contributed by atoms with van der Waals surface area (Å²) in [4.78, 5) is 0. The average molecular weight is 342 g/mol. The molecule has 8 nitrogen and oxygen atoms in total. The highest BCUT2D eigenvalue weighted by Gasteiger charge is 1.91. The van der Waals surface area contributed by atoms with Gasteiger partial charge in [-0.1, -0.05) is 0 Å². The molecule has 0 fully saturated rings. The quantitative estimate of drug-likeness (QED) is 0.309. The molecule has 0 radical (unpaired) electrons. The largest absolute Gasteiger partial charge is 0.399 e. The first-order chi connectivity index (χ1) is 10.4. The molecule has 0 saturated heterocycles. The topological polar surface area (TPSA) is 179 Å². The number of nitrogen functional groups attached to an aromatic ring is 4. The number of rotatable bonds is 0. The maximum Gasteiger partial charge on any atom is 0.394 e. The molecule has 128 valence electrons. The zero-order valence-electron chi connectivity index (χ0n) is 12.9. The van der Waals surface area contributed by atoms with Gasteiger partial charge in [-0.2, -0.15) is 8.42 Å². The molecule has 0 bridgehead atoms.